The Hall–Kier alpha value is -3.62. The number of nitro benzene ring substituents is 1. The van der Waals surface area contributed by atoms with E-state index < -0.39 is 4.92 Å². The summed E-state index contributed by atoms with van der Waals surface area (Å²) < 4.78 is 7.20. The zero-order valence-corrected chi connectivity index (χ0v) is 17.5. The molecule has 0 atom stereocenters. The molecule has 30 heavy (non-hydrogen) atoms. The van der Waals surface area contributed by atoms with Gasteiger partial charge in [0.1, 0.15) is 11.4 Å². The van der Waals surface area contributed by atoms with Crippen molar-refractivity contribution in [1.29, 1.82) is 0 Å². The molecule has 3 rings (SSSR count). The third kappa shape index (κ3) is 4.68. The summed E-state index contributed by atoms with van der Waals surface area (Å²) in [5.74, 6) is 0.555. The third-order valence-electron chi connectivity index (χ3n) is 4.66. The van der Waals surface area contributed by atoms with Gasteiger partial charge in [-0.3, -0.25) is 10.1 Å². The van der Waals surface area contributed by atoms with E-state index in [9.17, 15) is 10.1 Å². The lowest BCUT2D eigenvalue weighted by Crippen LogP contribution is -1.99. The number of benzene rings is 2. The molecular weight excluding hydrogens is 384 g/mol. The predicted octanol–water partition coefficient (Wildman–Crippen LogP) is 5.56. The number of aromatic nitrogens is 3. The zero-order chi connectivity index (χ0) is 21.7. The average Bonchev–Trinajstić information content (AvgIpc) is 3.20. The van der Waals surface area contributed by atoms with E-state index in [1.165, 1.54) is 6.07 Å². The molecule has 0 aliphatic heterocycles. The summed E-state index contributed by atoms with van der Waals surface area (Å²) in [5, 5.41) is 28.1. The number of hydrogen-bond acceptors (Lipinski definition) is 7. The molecule has 0 radical (unpaired) electrons. The summed E-state index contributed by atoms with van der Waals surface area (Å²) in [6.07, 6.45) is 4.91. The lowest BCUT2D eigenvalue weighted by molar-refractivity contribution is -0.384. The molecular formula is C21H24N6O3. The lowest BCUT2D eigenvalue weighted by atomic mass is 10.1. The molecule has 0 saturated heterocycles. The van der Waals surface area contributed by atoms with Crippen LogP contribution in [0.15, 0.2) is 46.8 Å². The summed E-state index contributed by atoms with van der Waals surface area (Å²) >= 11 is 0. The first-order valence-electron chi connectivity index (χ1n) is 9.70. The highest BCUT2D eigenvalue weighted by molar-refractivity contribution is 5.61. The number of aryl methyl sites for hydroxylation is 3. The van der Waals surface area contributed by atoms with Crippen molar-refractivity contribution < 1.29 is 9.66 Å². The van der Waals surface area contributed by atoms with Gasteiger partial charge in [0.2, 0.25) is 0 Å². The molecule has 0 amide bonds. The van der Waals surface area contributed by atoms with E-state index in [1.807, 2.05) is 19.2 Å². The number of nitro groups is 1. The Kier molecular flexibility index (Phi) is 6.51. The summed E-state index contributed by atoms with van der Waals surface area (Å²) in [7, 11) is 1.56. The third-order valence-corrected chi connectivity index (χ3v) is 4.66. The van der Waals surface area contributed by atoms with Crippen LogP contribution in [0.3, 0.4) is 0 Å². The highest BCUT2D eigenvalue weighted by atomic mass is 16.6. The first-order chi connectivity index (χ1) is 14.4. The minimum absolute atomic E-state index is 0.0813. The van der Waals surface area contributed by atoms with E-state index in [0.29, 0.717) is 11.4 Å². The normalized spacial score (nSPS) is 11.2. The second-order valence-corrected chi connectivity index (χ2v) is 7.02. The molecule has 3 aromatic rings. The van der Waals surface area contributed by atoms with Crippen molar-refractivity contribution in [3.8, 4) is 11.4 Å². The van der Waals surface area contributed by atoms with Gasteiger partial charge >= 0.3 is 0 Å². The molecule has 0 aliphatic rings. The van der Waals surface area contributed by atoms with Gasteiger partial charge in [-0.25, -0.2) is 4.68 Å². The fraction of sp³-hybridized carbons (Fsp3) is 0.333. The second kappa shape index (κ2) is 9.25. The Bertz CT molecular complexity index is 1090. The van der Waals surface area contributed by atoms with E-state index in [-0.39, 0.29) is 11.4 Å². The number of unbranched alkanes of at least 4 members (excludes halogenated alkanes) is 1. The van der Waals surface area contributed by atoms with Gasteiger partial charge in [0, 0.05) is 12.1 Å². The van der Waals surface area contributed by atoms with E-state index in [2.05, 4.69) is 27.5 Å². The van der Waals surface area contributed by atoms with Crippen molar-refractivity contribution in [2.45, 2.75) is 40.0 Å². The van der Waals surface area contributed by atoms with Gasteiger partial charge in [-0.2, -0.15) is 0 Å². The molecule has 0 saturated carbocycles. The Balaban J connectivity index is 1.94. The van der Waals surface area contributed by atoms with E-state index in [1.54, 1.807) is 36.9 Å². The van der Waals surface area contributed by atoms with E-state index in [0.717, 1.165) is 41.8 Å². The van der Waals surface area contributed by atoms with Crippen LogP contribution in [0.1, 0.15) is 36.6 Å². The maximum absolute atomic E-state index is 11.3. The maximum Gasteiger partial charge on any atom is 0.296 e. The second-order valence-electron chi connectivity index (χ2n) is 7.02. The molecule has 0 N–H and O–H groups in total. The Labute approximate surface area is 174 Å². The van der Waals surface area contributed by atoms with Gasteiger partial charge < -0.3 is 4.74 Å². The van der Waals surface area contributed by atoms with Crippen molar-refractivity contribution in [1.82, 2.24) is 15.0 Å². The van der Waals surface area contributed by atoms with Gasteiger partial charge in [-0.05, 0) is 49.9 Å². The van der Waals surface area contributed by atoms with E-state index in [4.69, 9.17) is 4.74 Å². The molecule has 0 unspecified atom stereocenters. The number of azo groups is 1. The predicted molar refractivity (Wildman–Crippen MR) is 113 cm³/mol. The fourth-order valence-electron chi connectivity index (χ4n) is 2.97. The average molecular weight is 408 g/mol. The minimum Gasteiger partial charge on any atom is -0.494 e. The van der Waals surface area contributed by atoms with Crippen molar-refractivity contribution in [2.75, 3.05) is 7.11 Å². The smallest absolute Gasteiger partial charge is 0.296 e. The molecule has 0 bridgehead atoms. The molecule has 156 valence electrons. The van der Waals surface area contributed by atoms with Crippen LogP contribution in [0.25, 0.3) is 5.69 Å². The number of rotatable bonds is 8. The minimum atomic E-state index is -0.460. The number of methoxy groups -OCH3 is 1. The summed E-state index contributed by atoms with van der Waals surface area (Å²) in [5.41, 5.74) is 3.95. The fourth-order valence-corrected chi connectivity index (χ4v) is 2.97. The van der Waals surface area contributed by atoms with Crippen LogP contribution in [-0.2, 0) is 6.42 Å². The Morgan fingerprint density at radius 2 is 1.93 bits per heavy atom. The van der Waals surface area contributed by atoms with Crippen LogP contribution in [-0.4, -0.2) is 27.0 Å². The maximum atomic E-state index is 11.3. The van der Waals surface area contributed by atoms with Crippen molar-refractivity contribution in [3.63, 3.8) is 0 Å². The van der Waals surface area contributed by atoms with Crippen LogP contribution < -0.4 is 4.74 Å². The first-order valence-corrected chi connectivity index (χ1v) is 9.70. The van der Waals surface area contributed by atoms with Crippen LogP contribution in [0.2, 0.25) is 0 Å². The first kappa shape index (κ1) is 21.1. The molecule has 1 heterocycles. The molecule has 0 aliphatic carbocycles. The summed E-state index contributed by atoms with van der Waals surface area (Å²) in [6.45, 7) is 5.81. The standard InChI is InChI=1S/C21H24N6O3/c1-5-6-7-16-13-26(25-22-16)20-11-15(3)18(12-21(20)30-4)24-23-17-9-8-14(2)10-19(17)27(28)29/h8-13H,5-7H2,1-4H3. The van der Waals surface area contributed by atoms with Gasteiger partial charge in [0.15, 0.2) is 5.69 Å². The molecule has 0 fully saturated rings. The monoisotopic (exact) mass is 408 g/mol. The molecule has 9 heteroatoms. The Morgan fingerprint density at radius 3 is 2.63 bits per heavy atom. The number of hydrogen-bond donors (Lipinski definition) is 0. The van der Waals surface area contributed by atoms with Crippen molar-refractivity contribution in [2.24, 2.45) is 10.2 Å². The highest BCUT2D eigenvalue weighted by Gasteiger charge is 2.15. The van der Waals surface area contributed by atoms with Crippen LogP contribution in [0.5, 0.6) is 5.75 Å². The van der Waals surface area contributed by atoms with E-state index >= 15 is 0 Å². The van der Waals surface area contributed by atoms with Gasteiger partial charge in [-0.1, -0.05) is 24.6 Å². The lowest BCUT2D eigenvalue weighted by Gasteiger charge is -2.10. The number of nitrogens with zero attached hydrogens (tertiary/aromatic N) is 6. The largest absolute Gasteiger partial charge is 0.494 e. The molecule has 2 aromatic carbocycles. The Morgan fingerprint density at radius 1 is 1.17 bits per heavy atom. The molecule has 1 aromatic heterocycles. The number of ether oxygens (including phenoxy) is 1. The van der Waals surface area contributed by atoms with Crippen LogP contribution in [0.4, 0.5) is 17.1 Å². The molecule has 0 spiro atoms. The van der Waals surface area contributed by atoms with Gasteiger partial charge in [0.05, 0.1) is 29.6 Å². The highest BCUT2D eigenvalue weighted by Crippen LogP contribution is 2.34. The topological polar surface area (TPSA) is 108 Å². The van der Waals surface area contributed by atoms with Gasteiger partial charge in [-0.15, -0.1) is 15.3 Å². The SMILES string of the molecule is CCCCc1cn(-c2cc(C)c(N=Nc3ccc(C)cc3[N+](=O)[O-])cc2OC)nn1. The summed E-state index contributed by atoms with van der Waals surface area (Å²) in [4.78, 5) is 10.8. The summed E-state index contributed by atoms with van der Waals surface area (Å²) in [6, 6.07) is 8.45. The quantitative estimate of drug-likeness (QED) is 0.275. The van der Waals surface area contributed by atoms with Crippen LogP contribution >= 0.6 is 0 Å². The zero-order valence-electron chi connectivity index (χ0n) is 17.5. The van der Waals surface area contributed by atoms with Crippen molar-refractivity contribution in [3.05, 3.63) is 63.5 Å². The van der Waals surface area contributed by atoms with Crippen LogP contribution in [0, 0.1) is 24.0 Å². The van der Waals surface area contributed by atoms with Gasteiger partial charge in [0.25, 0.3) is 5.69 Å². The molecule has 9 nitrogen and oxygen atoms in total. The van der Waals surface area contributed by atoms with Crippen molar-refractivity contribution >= 4 is 17.1 Å².